The van der Waals surface area contributed by atoms with E-state index in [4.69, 9.17) is 18.7 Å². The van der Waals surface area contributed by atoms with Gasteiger partial charge in [0.2, 0.25) is 23.6 Å². The molecule has 2 aliphatic rings. The number of amides is 5. The Morgan fingerprint density at radius 1 is 0.944 bits per heavy atom. The van der Waals surface area contributed by atoms with E-state index in [1.165, 1.54) is 23.2 Å². The maximum atomic E-state index is 14.2. The third-order valence-electron chi connectivity index (χ3n) is 8.71. The normalized spacial score (nSPS) is 21.7. The van der Waals surface area contributed by atoms with Crippen molar-refractivity contribution in [1.82, 2.24) is 41.1 Å². The van der Waals surface area contributed by atoms with Crippen LogP contribution < -0.4 is 26.8 Å². The van der Waals surface area contributed by atoms with Gasteiger partial charge in [0.25, 0.3) is 29.8 Å². The maximum Gasteiger partial charge on any atom is 0.290 e. The number of rotatable bonds is 6. The Kier molecular flexibility index (Phi) is 12.4. The van der Waals surface area contributed by atoms with Gasteiger partial charge in [0, 0.05) is 25.2 Å². The number of carbonyl (C=O) groups excluding carboxylic acids is 5. The minimum atomic E-state index is -1.11. The van der Waals surface area contributed by atoms with Gasteiger partial charge in [-0.05, 0) is 43.4 Å². The van der Waals surface area contributed by atoms with E-state index in [1.807, 2.05) is 44.2 Å². The molecule has 0 aliphatic carbocycles. The number of H-pyrrole nitrogens is 1. The second-order valence-corrected chi connectivity index (χ2v) is 13.2. The van der Waals surface area contributed by atoms with Gasteiger partial charge in [-0.3, -0.25) is 33.6 Å². The highest BCUT2D eigenvalue weighted by Crippen LogP contribution is 2.25. The van der Waals surface area contributed by atoms with Crippen molar-refractivity contribution in [3.63, 3.8) is 0 Å². The third-order valence-corrected chi connectivity index (χ3v) is 8.71. The number of carbonyl (C=O) groups is 6. The predicted molar refractivity (Wildman–Crippen MR) is 188 cm³/mol. The van der Waals surface area contributed by atoms with Crippen LogP contribution in [0, 0.1) is 5.92 Å². The highest BCUT2D eigenvalue weighted by molar-refractivity contribution is 5.98. The lowest BCUT2D eigenvalue weighted by atomic mass is 10.0. The van der Waals surface area contributed by atoms with Crippen LogP contribution in [0.4, 0.5) is 0 Å². The Labute approximate surface area is 308 Å². The van der Waals surface area contributed by atoms with Crippen molar-refractivity contribution in [2.75, 3.05) is 6.54 Å². The maximum absolute atomic E-state index is 14.2. The molecule has 284 valence electrons. The Morgan fingerprint density at radius 3 is 2.33 bits per heavy atom. The summed E-state index contributed by atoms with van der Waals surface area (Å²) in [4.78, 5) is 101. The summed E-state index contributed by atoms with van der Waals surface area (Å²) in [6, 6.07) is 7.65. The molecule has 4 bridgehead atoms. The average molecular weight is 745 g/mol. The second-order valence-electron chi connectivity index (χ2n) is 13.2. The lowest BCUT2D eigenvalue weighted by molar-refractivity contribution is -0.126. The first-order valence-electron chi connectivity index (χ1n) is 17.1. The van der Waals surface area contributed by atoms with Crippen molar-refractivity contribution in [1.29, 1.82) is 0 Å². The van der Waals surface area contributed by atoms with Gasteiger partial charge < -0.3 is 45.1 Å². The standard InChI is InChI=1S/C35H38N8O8.CH2O2/c1-18(2)12-23-30(46)37-19(3)33-42-26(17-50-33)35(49)43-15-21(38-29(45)22-10-7-11-36-28(22)44)14-27(43)32(48)40-24(13-20-8-5-4-6-9-20)34-41-25(16-51-34)31(47)39-23;2-1-3/h4-11,16-19,21,23-24,27H,12-15H2,1-3H3,(H,36,44)(H,37,46)(H,38,45)(H,39,47)(H,40,48);1H,(H,2,3)/t19-,21+,23-,24+,27+;/m1./s1. The van der Waals surface area contributed by atoms with Gasteiger partial charge in [-0.1, -0.05) is 44.2 Å². The number of hydrogen-bond acceptors (Lipinski definition) is 11. The molecule has 1 aromatic carbocycles. The first-order chi connectivity index (χ1) is 25.9. The monoisotopic (exact) mass is 744 g/mol. The van der Waals surface area contributed by atoms with Gasteiger partial charge in [0.15, 0.2) is 11.4 Å². The van der Waals surface area contributed by atoms with Crippen LogP contribution in [0.1, 0.15) is 94.4 Å². The van der Waals surface area contributed by atoms with Crippen molar-refractivity contribution in [3.05, 3.63) is 106 Å². The number of carboxylic acid groups (broad SMARTS) is 1. The Bertz CT molecular complexity index is 2040. The molecule has 3 aromatic heterocycles. The summed E-state index contributed by atoms with van der Waals surface area (Å²) in [5.74, 6) is -2.95. The zero-order chi connectivity index (χ0) is 38.9. The van der Waals surface area contributed by atoms with E-state index in [-0.39, 0.29) is 60.5 Å². The van der Waals surface area contributed by atoms with E-state index in [0.29, 0.717) is 6.42 Å². The number of fused-ring (bicyclic) bond motifs is 5. The van der Waals surface area contributed by atoms with Crippen LogP contribution in [-0.4, -0.2) is 85.6 Å². The molecule has 5 heterocycles. The van der Waals surface area contributed by atoms with Crippen LogP contribution in [0.3, 0.4) is 0 Å². The fourth-order valence-corrected chi connectivity index (χ4v) is 6.19. The van der Waals surface area contributed by atoms with E-state index >= 15 is 0 Å². The van der Waals surface area contributed by atoms with E-state index in [1.54, 1.807) is 6.92 Å². The van der Waals surface area contributed by atoms with Crippen LogP contribution in [0.15, 0.2) is 74.8 Å². The number of nitrogens with one attached hydrogen (secondary N) is 5. The molecule has 18 nitrogen and oxygen atoms in total. The molecule has 18 heteroatoms. The number of pyridine rings is 1. The van der Waals surface area contributed by atoms with E-state index in [9.17, 15) is 28.8 Å². The van der Waals surface area contributed by atoms with E-state index < -0.39 is 65.3 Å². The molecule has 6 rings (SSSR count). The molecule has 2 aliphatic heterocycles. The van der Waals surface area contributed by atoms with Crippen molar-refractivity contribution < 1.29 is 42.7 Å². The summed E-state index contributed by atoms with van der Waals surface area (Å²) in [6.07, 6.45) is 4.22. The van der Waals surface area contributed by atoms with Crippen LogP contribution >= 0.6 is 0 Å². The third kappa shape index (κ3) is 9.25. The van der Waals surface area contributed by atoms with Gasteiger partial charge in [-0.2, -0.15) is 0 Å². The molecule has 0 spiro atoms. The number of nitrogens with zero attached hydrogens (tertiary/aromatic N) is 3. The summed E-state index contributed by atoms with van der Waals surface area (Å²) in [5, 5.41) is 18.1. The van der Waals surface area contributed by atoms with Crippen molar-refractivity contribution in [2.24, 2.45) is 5.92 Å². The Hall–Kier alpha value is -6.59. The smallest absolute Gasteiger partial charge is 0.290 e. The molecule has 6 N–H and O–H groups in total. The minimum absolute atomic E-state index is 0.000242. The number of oxazole rings is 2. The number of aromatic nitrogens is 3. The van der Waals surface area contributed by atoms with Crippen LogP contribution in [0.5, 0.6) is 0 Å². The zero-order valence-electron chi connectivity index (χ0n) is 29.6. The Morgan fingerprint density at radius 2 is 1.63 bits per heavy atom. The van der Waals surface area contributed by atoms with Crippen LogP contribution in [0.2, 0.25) is 0 Å². The fraction of sp³-hybridized carbons (Fsp3) is 0.361. The molecule has 1 fully saturated rings. The van der Waals surface area contributed by atoms with Gasteiger partial charge in [-0.15, -0.1) is 0 Å². The summed E-state index contributed by atoms with van der Waals surface area (Å²) in [5.41, 5.74) is -0.109. The molecular formula is C36H40N8O10. The fourth-order valence-electron chi connectivity index (χ4n) is 6.19. The molecule has 4 aromatic rings. The summed E-state index contributed by atoms with van der Waals surface area (Å²) < 4.78 is 11.3. The molecule has 0 saturated carbocycles. The minimum Gasteiger partial charge on any atom is -0.483 e. The molecular weight excluding hydrogens is 704 g/mol. The van der Waals surface area contributed by atoms with Gasteiger partial charge in [0.1, 0.15) is 42.3 Å². The lowest BCUT2D eigenvalue weighted by Gasteiger charge is -2.25. The number of hydrogen-bond donors (Lipinski definition) is 6. The molecule has 1 saturated heterocycles. The molecule has 54 heavy (non-hydrogen) atoms. The zero-order valence-corrected chi connectivity index (χ0v) is 29.6. The quantitative estimate of drug-likeness (QED) is 0.154. The summed E-state index contributed by atoms with van der Waals surface area (Å²) >= 11 is 0. The van der Waals surface area contributed by atoms with Crippen molar-refractivity contribution in [2.45, 2.75) is 70.2 Å². The highest BCUT2D eigenvalue weighted by atomic mass is 16.4. The molecule has 5 amide bonds. The Balaban J connectivity index is 0.00000181. The predicted octanol–water partition coefficient (Wildman–Crippen LogP) is 1.50. The van der Waals surface area contributed by atoms with Gasteiger partial charge in [-0.25, -0.2) is 9.97 Å². The first kappa shape index (κ1) is 38.6. The topological polar surface area (TPSA) is 259 Å². The van der Waals surface area contributed by atoms with Crippen molar-refractivity contribution >= 4 is 36.0 Å². The highest BCUT2D eigenvalue weighted by Gasteiger charge is 2.43. The molecule has 5 atom stereocenters. The SMILES string of the molecule is CC(C)C[C@H]1NC(=O)c2coc(n2)[C@H](Cc2ccccc2)NC(=O)[C@@H]2C[C@H](NC(=O)c3ccc[nH]c3=O)CN2C(=O)c2coc(n2)[C@@H](C)NC1=O.O=CO. The van der Waals surface area contributed by atoms with Crippen molar-refractivity contribution in [3.8, 4) is 0 Å². The van der Waals surface area contributed by atoms with Gasteiger partial charge >= 0.3 is 0 Å². The average Bonchev–Trinajstić information content (AvgIpc) is 3.92. The van der Waals surface area contributed by atoms with Crippen LogP contribution in [0.25, 0.3) is 0 Å². The lowest BCUT2D eigenvalue weighted by Crippen LogP contribution is -2.48. The summed E-state index contributed by atoms with van der Waals surface area (Å²) in [7, 11) is 0. The second kappa shape index (κ2) is 17.3. The van der Waals surface area contributed by atoms with Crippen LogP contribution in [-0.2, 0) is 20.8 Å². The van der Waals surface area contributed by atoms with E-state index in [2.05, 4.69) is 36.2 Å². The largest absolute Gasteiger partial charge is 0.483 e. The van der Waals surface area contributed by atoms with Gasteiger partial charge in [0.05, 0.1) is 0 Å². The molecule has 0 unspecified atom stereocenters. The summed E-state index contributed by atoms with van der Waals surface area (Å²) in [6.45, 7) is 5.10. The van der Waals surface area contributed by atoms with E-state index in [0.717, 1.165) is 18.1 Å². The number of aromatic amines is 1. The molecule has 0 radical (unpaired) electrons. The first-order valence-corrected chi connectivity index (χ1v) is 17.1. The number of benzene rings is 1.